The molecule has 4 rings (SSSR count). The lowest BCUT2D eigenvalue weighted by Crippen LogP contribution is -2.42. The first-order chi connectivity index (χ1) is 10.6. The minimum Gasteiger partial charge on any atom is -0.336 e. The van der Waals surface area contributed by atoms with E-state index in [2.05, 4.69) is 10.3 Å². The van der Waals surface area contributed by atoms with Crippen molar-refractivity contribution in [2.24, 2.45) is 11.8 Å². The predicted molar refractivity (Wildman–Crippen MR) is 82.4 cm³/mol. The number of nitrogens with zero attached hydrogens (tertiary/aromatic N) is 3. The first-order valence-electron chi connectivity index (χ1n) is 7.85. The summed E-state index contributed by atoms with van der Waals surface area (Å²) in [5, 5.41) is 6.06. The molecule has 6 nitrogen and oxygen atoms in total. The van der Waals surface area contributed by atoms with Crippen LogP contribution in [0.2, 0.25) is 0 Å². The van der Waals surface area contributed by atoms with Gasteiger partial charge in [0.2, 0.25) is 5.91 Å². The van der Waals surface area contributed by atoms with E-state index in [1.54, 1.807) is 11.3 Å². The molecule has 1 saturated carbocycles. The molecule has 0 unspecified atom stereocenters. The third-order valence-electron chi connectivity index (χ3n) is 4.74. The fraction of sp³-hybridized carbons (Fsp3) is 0.667. The normalized spacial score (nSPS) is 27.4. The minimum absolute atomic E-state index is 0.00590. The molecule has 3 fully saturated rings. The number of hydrogen-bond acceptors (Lipinski definition) is 4. The van der Waals surface area contributed by atoms with Crippen molar-refractivity contribution in [1.82, 2.24) is 20.1 Å². The third-order valence-corrected chi connectivity index (χ3v) is 5.56. The molecule has 3 aliphatic rings. The van der Waals surface area contributed by atoms with Crippen LogP contribution in [0.15, 0.2) is 5.38 Å². The van der Waals surface area contributed by atoms with Crippen molar-refractivity contribution in [3.05, 3.63) is 16.1 Å². The molecule has 2 saturated heterocycles. The van der Waals surface area contributed by atoms with Crippen molar-refractivity contribution < 1.29 is 9.59 Å². The summed E-state index contributed by atoms with van der Waals surface area (Å²) >= 11 is 1.62. The lowest BCUT2D eigenvalue weighted by molar-refractivity contribution is -0.131. The maximum Gasteiger partial charge on any atom is 0.317 e. The van der Waals surface area contributed by atoms with Crippen LogP contribution in [0.5, 0.6) is 0 Å². The van der Waals surface area contributed by atoms with Gasteiger partial charge in [-0.25, -0.2) is 9.78 Å². The highest BCUT2D eigenvalue weighted by molar-refractivity contribution is 7.09. The molecule has 1 aromatic heterocycles. The van der Waals surface area contributed by atoms with Gasteiger partial charge in [0.15, 0.2) is 0 Å². The summed E-state index contributed by atoms with van der Waals surface area (Å²) in [5.74, 6) is 0.430. The highest BCUT2D eigenvalue weighted by Crippen LogP contribution is 2.33. The van der Waals surface area contributed by atoms with Gasteiger partial charge < -0.3 is 15.1 Å². The standard InChI is InChI=1S/C15H20N4O2S/c1-9-16-12(8-22-9)6-18-4-10-5-19(7-13(10)14(18)20)15(21)17-11-2-3-11/h8,10-11,13H,2-7H2,1H3,(H,17,21)/t10-,13+/m1/s1. The van der Waals surface area contributed by atoms with Crippen molar-refractivity contribution in [2.75, 3.05) is 19.6 Å². The van der Waals surface area contributed by atoms with Gasteiger partial charge in [-0.15, -0.1) is 11.3 Å². The van der Waals surface area contributed by atoms with Crippen LogP contribution in [0.4, 0.5) is 4.79 Å². The van der Waals surface area contributed by atoms with E-state index in [-0.39, 0.29) is 23.8 Å². The number of carbonyl (C=O) groups is 2. The van der Waals surface area contributed by atoms with Crippen LogP contribution in [0.25, 0.3) is 0 Å². The molecule has 2 atom stereocenters. The average molecular weight is 320 g/mol. The molecule has 118 valence electrons. The van der Waals surface area contributed by atoms with Gasteiger partial charge in [-0.2, -0.15) is 0 Å². The number of aryl methyl sites for hydroxylation is 1. The molecule has 1 aliphatic carbocycles. The van der Waals surface area contributed by atoms with Crippen LogP contribution >= 0.6 is 11.3 Å². The van der Waals surface area contributed by atoms with E-state index < -0.39 is 0 Å². The second-order valence-electron chi connectivity index (χ2n) is 6.57. The summed E-state index contributed by atoms with van der Waals surface area (Å²) in [5.41, 5.74) is 0.971. The van der Waals surface area contributed by atoms with E-state index in [1.165, 1.54) is 0 Å². The summed E-state index contributed by atoms with van der Waals surface area (Å²) in [7, 11) is 0. The topological polar surface area (TPSA) is 65.5 Å². The Bertz CT molecular complexity index is 612. The van der Waals surface area contributed by atoms with Crippen molar-refractivity contribution in [2.45, 2.75) is 32.4 Å². The Hall–Kier alpha value is -1.63. The Morgan fingerprint density at radius 3 is 2.86 bits per heavy atom. The van der Waals surface area contributed by atoms with E-state index in [4.69, 9.17) is 0 Å². The van der Waals surface area contributed by atoms with Crippen LogP contribution in [0, 0.1) is 18.8 Å². The molecular weight excluding hydrogens is 300 g/mol. The summed E-state index contributed by atoms with van der Waals surface area (Å²) in [6.45, 7) is 4.58. The summed E-state index contributed by atoms with van der Waals surface area (Å²) in [6.07, 6.45) is 2.18. The molecule has 0 aromatic carbocycles. The minimum atomic E-state index is -0.0234. The number of nitrogens with one attached hydrogen (secondary N) is 1. The Balaban J connectivity index is 1.36. The monoisotopic (exact) mass is 320 g/mol. The SMILES string of the molecule is Cc1nc(CN2C[C@@H]3CN(C(=O)NC4CC4)C[C@@H]3C2=O)cs1. The number of fused-ring (bicyclic) bond motifs is 1. The molecule has 22 heavy (non-hydrogen) atoms. The largest absolute Gasteiger partial charge is 0.336 e. The number of rotatable bonds is 3. The molecule has 3 amide bonds. The lowest BCUT2D eigenvalue weighted by atomic mass is 10.0. The van der Waals surface area contributed by atoms with Crippen molar-refractivity contribution in [3.63, 3.8) is 0 Å². The van der Waals surface area contributed by atoms with Gasteiger partial charge in [0.1, 0.15) is 0 Å². The number of carbonyl (C=O) groups excluding carboxylic acids is 2. The van der Waals surface area contributed by atoms with Crippen LogP contribution < -0.4 is 5.32 Å². The van der Waals surface area contributed by atoms with Gasteiger partial charge in [-0.1, -0.05) is 0 Å². The number of thiazole rings is 1. The predicted octanol–water partition coefficient (Wildman–Crippen LogP) is 1.21. The van der Waals surface area contributed by atoms with Crippen molar-refractivity contribution >= 4 is 23.3 Å². The Morgan fingerprint density at radius 1 is 1.41 bits per heavy atom. The lowest BCUT2D eigenvalue weighted by Gasteiger charge is -2.21. The first-order valence-corrected chi connectivity index (χ1v) is 8.73. The second kappa shape index (κ2) is 5.22. The summed E-state index contributed by atoms with van der Waals surface area (Å²) in [6, 6.07) is 0.374. The molecule has 3 heterocycles. The fourth-order valence-electron chi connectivity index (χ4n) is 3.42. The molecule has 1 N–H and O–H groups in total. The van der Waals surface area contributed by atoms with Crippen LogP contribution in [0.3, 0.4) is 0 Å². The molecule has 7 heteroatoms. The molecule has 2 aliphatic heterocycles. The van der Waals surface area contributed by atoms with Crippen molar-refractivity contribution in [3.8, 4) is 0 Å². The Morgan fingerprint density at radius 2 is 2.23 bits per heavy atom. The highest BCUT2D eigenvalue weighted by Gasteiger charge is 2.47. The van der Waals surface area contributed by atoms with Gasteiger partial charge in [0.05, 0.1) is 23.2 Å². The van der Waals surface area contributed by atoms with Gasteiger partial charge in [-0.3, -0.25) is 4.79 Å². The molecule has 1 aromatic rings. The van der Waals surface area contributed by atoms with Crippen molar-refractivity contribution in [1.29, 1.82) is 0 Å². The zero-order chi connectivity index (χ0) is 15.3. The third kappa shape index (κ3) is 2.58. The number of urea groups is 1. The number of likely N-dealkylation sites (tertiary alicyclic amines) is 2. The number of hydrogen-bond donors (Lipinski definition) is 1. The van der Waals surface area contributed by atoms with Gasteiger partial charge in [0.25, 0.3) is 0 Å². The molecule has 0 spiro atoms. The average Bonchev–Trinajstić information content (AvgIpc) is 2.92. The van der Waals surface area contributed by atoms with E-state index >= 15 is 0 Å². The molecule has 0 radical (unpaired) electrons. The van der Waals surface area contributed by atoms with E-state index in [0.29, 0.717) is 25.7 Å². The Labute approximate surface area is 133 Å². The van der Waals surface area contributed by atoms with E-state index in [1.807, 2.05) is 22.1 Å². The Kier molecular flexibility index (Phi) is 3.32. The smallest absolute Gasteiger partial charge is 0.317 e. The molecular formula is C15H20N4O2S. The van der Waals surface area contributed by atoms with Crippen LogP contribution in [-0.4, -0.2) is 52.4 Å². The zero-order valence-electron chi connectivity index (χ0n) is 12.6. The number of amides is 3. The summed E-state index contributed by atoms with van der Waals surface area (Å²) in [4.78, 5) is 32.8. The highest BCUT2D eigenvalue weighted by atomic mass is 32.1. The number of aromatic nitrogens is 1. The van der Waals surface area contributed by atoms with Gasteiger partial charge in [0, 0.05) is 37.0 Å². The van der Waals surface area contributed by atoms with E-state index in [0.717, 1.165) is 30.1 Å². The first kappa shape index (κ1) is 14.0. The zero-order valence-corrected chi connectivity index (χ0v) is 13.4. The van der Waals surface area contributed by atoms with Crippen LogP contribution in [0.1, 0.15) is 23.5 Å². The second-order valence-corrected chi connectivity index (χ2v) is 7.63. The fourth-order valence-corrected chi connectivity index (χ4v) is 4.03. The van der Waals surface area contributed by atoms with E-state index in [9.17, 15) is 9.59 Å². The quantitative estimate of drug-likeness (QED) is 0.910. The van der Waals surface area contributed by atoms with Gasteiger partial charge >= 0.3 is 6.03 Å². The maximum absolute atomic E-state index is 12.5. The summed E-state index contributed by atoms with van der Waals surface area (Å²) < 4.78 is 0. The van der Waals surface area contributed by atoms with Gasteiger partial charge in [-0.05, 0) is 19.8 Å². The molecule has 0 bridgehead atoms. The van der Waals surface area contributed by atoms with Crippen LogP contribution in [-0.2, 0) is 11.3 Å². The maximum atomic E-state index is 12.5.